The van der Waals surface area contributed by atoms with Gasteiger partial charge in [0.2, 0.25) is 0 Å². The highest BCUT2D eigenvalue weighted by molar-refractivity contribution is 7.80. The lowest BCUT2D eigenvalue weighted by atomic mass is 10.1. The Morgan fingerprint density at radius 1 is 1.11 bits per heavy atom. The maximum atomic E-state index is 12.5. The monoisotopic (exact) mass is 293 g/mol. The summed E-state index contributed by atoms with van der Waals surface area (Å²) in [5.41, 5.74) is 1.61. The Kier molecular flexibility index (Phi) is 3.59. The highest BCUT2D eigenvalue weighted by Crippen LogP contribution is 2.33. The number of carbonyl (C=O) groups is 1. The fraction of sp³-hybridized carbons (Fsp3) is 0.467. The van der Waals surface area contributed by atoms with E-state index in [1.54, 1.807) is 4.90 Å². The highest BCUT2D eigenvalue weighted by atomic mass is 35.5. The fourth-order valence-electron chi connectivity index (χ4n) is 3.04. The molecule has 1 amide bonds. The van der Waals surface area contributed by atoms with Gasteiger partial charge in [0.15, 0.2) is 0 Å². The predicted octanol–water partition coefficient (Wildman–Crippen LogP) is 3.76. The minimum atomic E-state index is 0.0127. The number of alkyl halides is 1. The number of thiocarbonyl (C=S) groups is 1. The van der Waals surface area contributed by atoms with Crippen LogP contribution in [0.4, 0.5) is 0 Å². The molecule has 0 N–H and O–H groups in total. The number of carbonyl (C=O) groups excluding carboxylic acids is 1. The van der Waals surface area contributed by atoms with Crippen LogP contribution < -0.4 is 0 Å². The van der Waals surface area contributed by atoms with Gasteiger partial charge in [-0.2, -0.15) is 0 Å². The number of fused-ring (bicyclic) bond motifs is 1. The van der Waals surface area contributed by atoms with Crippen molar-refractivity contribution in [3.8, 4) is 0 Å². The Hall–Kier alpha value is -0.930. The lowest BCUT2D eigenvalue weighted by Gasteiger charge is -2.30. The van der Waals surface area contributed by atoms with Gasteiger partial charge in [0.1, 0.15) is 4.99 Å². The minimum Gasteiger partial charge on any atom is -0.294 e. The molecule has 100 valence electrons. The van der Waals surface area contributed by atoms with Crippen molar-refractivity contribution < 1.29 is 4.79 Å². The molecule has 0 radical (unpaired) electrons. The van der Waals surface area contributed by atoms with Gasteiger partial charge in [0, 0.05) is 5.56 Å². The molecule has 3 rings (SSSR count). The first-order valence-electron chi connectivity index (χ1n) is 6.81. The van der Waals surface area contributed by atoms with Crippen LogP contribution in [0.1, 0.15) is 48.0 Å². The smallest absolute Gasteiger partial charge is 0.259 e. The van der Waals surface area contributed by atoms with Gasteiger partial charge in [-0.1, -0.05) is 49.7 Å². The maximum Gasteiger partial charge on any atom is 0.259 e. The molecule has 1 heterocycles. The molecule has 1 aliphatic carbocycles. The average Bonchev–Trinajstić information content (AvgIpc) is 2.57. The summed E-state index contributed by atoms with van der Waals surface area (Å²) in [6, 6.07) is 7.64. The summed E-state index contributed by atoms with van der Waals surface area (Å²) in [4.78, 5) is 15.0. The van der Waals surface area contributed by atoms with E-state index in [0.29, 0.717) is 4.99 Å². The zero-order valence-corrected chi connectivity index (χ0v) is 12.2. The third-order valence-corrected chi connectivity index (χ3v) is 4.98. The van der Waals surface area contributed by atoms with Crippen molar-refractivity contribution in [2.24, 2.45) is 0 Å². The number of rotatable bonds is 1. The molecule has 2 nitrogen and oxygen atoms in total. The van der Waals surface area contributed by atoms with Crippen molar-refractivity contribution in [2.75, 3.05) is 0 Å². The first kappa shape index (κ1) is 13.1. The van der Waals surface area contributed by atoms with Gasteiger partial charge in [0.05, 0.1) is 17.0 Å². The second-order valence-electron chi connectivity index (χ2n) is 5.25. The highest BCUT2D eigenvalue weighted by Gasteiger charge is 2.39. The molecule has 1 aromatic rings. The number of nitrogens with zero attached hydrogens (tertiary/aromatic N) is 1. The predicted molar refractivity (Wildman–Crippen MR) is 80.8 cm³/mol. The molecule has 0 bridgehead atoms. The number of hydrogen-bond donors (Lipinski definition) is 0. The van der Waals surface area contributed by atoms with Crippen LogP contribution in [-0.4, -0.2) is 27.2 Å². The number of hydrogen-bond acceptors (Lipinski definition) is 2. The average molecular weight is 294 g/mol. The number of halogens is 1. The third kappa shape index (κ3) is 2.19. The molecule has 1 aliphatic heterocycles. The SMILES string of the molecule is O=C1c2ccccc2C(=S)N1C1CCCCCC1Cl. The standard InChI is InChI=1S/C15H16ClNOS/c16-12-8-2-1-3-9-13(12)17-14(18)10-6-4-5-7-11(10)15(17)19/h4-7,12-13H,1-3,8-9H2. The Morgan fingerprint density at radius 3 is 2.53 bits per heavy atom. The second-order valence-corrected chi connectivity index (χ2v) is 6.19. The van der Waals surface area contributed by atoms with Crippen LogP contribution in [0.2, 0.25) is 0 Å². The molecule has 0 spiro atoms. The van der Waals surface area contributed by atoms with E-state index in [4.69, 9.17) is 23.8 Å². The molecule has 4 heteroatoms. The quantitative estimate of drug-likeness (QED) is 0.446. The van der Waals surface area contributed by atoms with Crippen LogP contribution in [0.25, 0.3) is 0 Å². The van der Waals surface area contributed by atoms with Gasteiger partial charge in [-0.15, -0.1) is 11.6 Å². The van der Waals surface area contributed by atoms with Crippen molar-refractivity contribution in [3.05, 3.63) is 35.4 Å². The molecule has 2 unspecified atom stereocenters. The third-order valence-electron chi connectivity index (χ3n) is 4.05. The van der Waals surface area contributed by atoms with E-state index in [-0.39, 0.29) is 17.3 Å². The molecular formula is C15H16ClNOS. The van der Waals surface area contributed by atoms with Crippen LogP contribution >= 0.6 is 23.8 Å². The van der Waals surface area contributed by atoms with Gasteiger partial charge in [0.25, 0.3) is 5.91 Å². The summed E-state index contributed by atoms with van der Waals surface area (Å²) >= 11 is 12.0. The van der Waals surface area contributed by atoms with Gasteiger partial charge in [-0.05, 0) is 18.9 Å². The minimum absolute atomic E-state index is 0.0127. The van der Waals surface area contributed by atoms with E-state index in [1.165, 1.54) is 6.42 Å². The molecule has 1 fully saturated rings. The van der Waals surface area contributed by atoms with Gasteiger partial charge < -0.3 is 0 Å². The summed E-state index contributed by atoms with van der Waals surface area (Å²) in [6.07, 6.45) is 5.38. The molecule has 0 aromatic heterocycles. The summed E-state index contributed by atoms with van der Waals surface area (Å²) in [5, 5.41) is 0.0127. The largest absolute Gasteiger partial charge is 0.294 e. The van der Waals surface area contributed by atoms with Crippen molar-refractivity contribution >= 4 is 34.7 Å². The Bertz CT molecular complexity index is 496. The number of benzene rings is 1. The zero-order valence-electron chi connectivity index (χ0n) is 10.6. The Labute approximate surface area is 123 Å². The van der Waals surface area contributed by atoms with Crippen molar-refractivity contribution in [2.45, 2.75) is 43.5 Å². The molecule has 2 aliphatic rings. The van der Waals surface area contributed by atoms with E-state index < -0.39 is 0 Å². The Balaban J connectivity index is 1.94. The van der Waals surface area contributed by atoms with Crippen LogP contribution in [-0.2, 0) is 0 Å². The molecule has 1 aromatic carbocycles. The summed E-state index contributed by atoms with van der Waals surface area (Å²) in [6.45, 7) is 0. The number of amides is 1. The lowest BCUT2D eigenvalue weighted by molar-refractivity contribution is 0.0812. The van der Waals surface area contributed by atoms with Crippen LogP contribution in [0.3, 0.4) is 0 Å². The molecule has 19 heavy (non-hydrogen) atoms. The van der Waals surface area contributed by atoms with Crippen molar-refractivity contribution in [1.29, 1.82) is 0 Å². The summed E-state index contributed by atoms with van der Waals surface area (Å²) in [7, 11) is 0. The second kappa shape index (κ2) is 5.22. The van der Waals surface area contributed by atoms with Crippen molar-refractivity contribution in [3.63, 3.8) is 0 Å². The van der Waals surface area contributed by atoms with E-state index >= 15 is 0 Å². The van der Waals surface area contributed by atoms with Gasteiger partial charge in [-0.3, -0.25) is 9.69 Å². The fourth-order valence-corrected chi connectivity index (χ4v) is 3.83. The van der Waals surface area contributed by atoms with Gasteiger partial charge in [-0.25, -0.2) is 0 Å². The maximum absolute atomic E-state index is 12.5. The van der Waals surface area contributed by atoms with Crippen LogP contribution in [0.5, 0.6) is 0 Å². The first-order chi connectivity index (χ1) is 9.20. The lowest BCUT2D eigenvalue weighted by Crippen LogP contribution is -2.44. The normalized spacial score (nSPS) is 27.3. The first-order valence-corrected chi connectivity index (χ1v) is 7.65. The van der Waals surface area contributed by atoms with E-state index in [1.807, 2.05) is 24.3 Å². The van der Waals surface area contributed by atoms with Crippen LogP contribution in [0, 0.1) is 0 Å². The molecular weight excluding hydrogens is 278 g/mol. The topological polar surface area (TPSA) is 20.3 Å². The van der Waals surface area contributed by atoms with E-state index in [2.05, 4.69) is 0 Å². The van der Waals surface area contributed by atoms with E-state index in [9.17, 15) is 4.79 Å². The Morgan fingerprint density at radius 2 is 1.79 bits per heavy atom. The summed E-state index contributed by atoms with van der Waals surface area (Å²) < 4.78 is 0. The molecule has 1 saturated carbocycles. The molecule has 2 atom stereocenters. The summed E-state index contributed by atoms with van der Waals surface area (Å²) in [5.74, 6) is 0.0261. The molecule has 0 saturated heterocycles. The zero-order chi connectivity index (χ0) is 13.4. The van der Waals surface area contributed by atoms with Crippen molar-refractivity contribution in [1.82, 2.24) is 4.90 Å². The van der Waals surface area contributed by atoms with Gasteiger partial charge >= 0.3 is 0 Å². The van der Waals surface area contributed by atoms with E-state index in [0.717, 1.165) is 36.8 Å². The van der Waals surface area contributed by atoms with Crippen LogP contribution in [0.15, 0.2) is 24.3 Å².